The molecule has 0 unspecified atom stereocenters. The fourth-order valence-corrected chi connectivity index (χ4v) is 2.96. The van der Waals surface area contributed by atoms with E-state index in [0.29, 0.717) is 18.8 Å². The number of fused-ring (bicyclic) bond motifs is 2. The molecule has 2 bridgehead atoms. The van der Waals surface area contributed by atoms with E-state index in [2.05, 4.69) is 21.4 Å². The number of para-hydroxylation sites is 1. The predicted molar refractivity (Wildman–Crippen MR) is 101 cm³/mol. The molecule has 5 heteroatoms. The van der Waals surface area contributed by atoms with Crippen LogP contribution in [0.5, 0.6) is 5.75 Å². The number of nitrogens with zero attached hydrogens (tertiary/aromatic N) is 2. The maximum atomic E-state index is 12.6. The third-order valence-electron chi connectivity index (χ3n) is 4.34. The number of aromatic nitrogens is 2. The highest BCUT2D eigenvalue weighted by molar-refractivity contribution is 5.96. The number of amides is 1. The van der Waals surface area contributed by atoms with E-state index in [4.69, 9.17) is 4.74 Å². The van der Waals surface area contributed by atoms with Crippen molar-refractivity contribution < 1.29 is 9.53 Å². The number of ether oxygens (including phenoxy) is 1. The highest BCUT2D eigenvalue weighted by Gasteiger charge is 2.11. The zero-order chi connectivity index (χ0) is 17.8. The molecule has 1 aromatic carbocycles. The zero-order valence-electron chi connectivity index (χ0n) is 14.3. The SMILES string of the molecule is O=C1NCc2ccccc2OCCCC=Cc2cncc3ccc1nc23. The number of rotatable bonds is 0. The summed E-state index contributed by atoms with van der Waals surface area (Å²) >= 11 is 0. The summed E-state index contributed by atoms with van der Waals surface area (Å²) in [6.45, 7) is 1.03. The van der Waals surface area contributed by atoms with Crippen LogP contribution >= 0.6 is 0 Å². The standard InChI is InChI=1S/C21H19N3O2/c25-21-18-10-9-17-13-22-12-16(20(17)24-18)7-2-1-5-11-26-19-8-4-3-6-15(19)14-23-21/h2-4,6-10,12-13H,1,5,11,14H2,(H,23,25). The van der Waals surface area contributed by atoms with Gasteiger partial charge in [0.2, 0.25) is 0 Å². The Morgan fingerprint density at radius 3 is 2.96 bits per heavy atom. The molecule has 0 fully saturated rings. The van der Waals surface area contributed by atoms with E-state index >= 15 is 0 Å². The fourth-order valence-electron chi connectivity index (χ4n) is 2.96. The van der Waals surface area contributed by atoms with Gasteiger partial charge in [0.15, 0.2) is 0 Å². The van der Waals surface area contributed by atoms with Crippen LogP contribution in [0.2, 0.25) is 0 Å². The second-order valence-corrected chi connectivity index (χ2v) is 6.18. The minimum absolute atomic E-state index is 0.205. The van der Waals surface area contributed by atoms with Crippen molar-refractivity contribution in [1.82, 2.24) is 15.3 Å². The van der Waals surface area contributed by atoms with Crippen LogP contribution in [0.3, 0.4) is 0 Å². The first-order chi connectivity index (χ1) is 12.8. The Bertz CT molecular complexity index is 982. The molecule has 0 saturated heterocycles. The topological polar surface area (TPSA) is 64.1 Å². The van der Waals surface area contributed by atoms with Gasteiger partial charge >= 0.3 is 0 Å². The Labute approximate surface area is 151 Å². The summed E-state index contributed by atoms with van der Waals surface area (Å²) in [5.41, 5.74) is 3.05. The van der Waals surface area contributed by atoms with Crippen LogP contribution < -0.4 is 10.1 Å². The third kappa shape index (κ3) is 3.42. The minimum atomic E-state index is -0.205. The molecular formula is C21H19N3O2. The average molecular weight is 345 g/mol. The molecule has 0 spiro atoms. The van der Waals surface area contributed by atoms with Gasteiger partial charge in [-0.05, 0) is 31.0 Å². The van der Waals surface area contributed by atoms with Gasteiger partial charge in [-0.1, -0.05) is 30.4 Å². The first-order valence-corrected chi connectivity index (χ1v) is 8.71. The summed E-state index contributed by atoms with van der Waals surface area (Å²) in [7, 11) is 0. The van der Waals surface area contributed by atoms with Crippen LogP contribution in [0, 0.1) is 0 Å². The maximum absolute atomic E-state index is 12.6. The Morgan fingerprint density at radius 2 is 2.00 bits per heavy atom. The quantitative estimate of drug-likeness (QED) is 0.674. The Balaban J connectivity index is 1.72. The molecule has 26 heavy (non-hydrogen) atoms. The van der Waals surface area contributed by atoms with Crippen molar-refractivity contribution in [2.24, 2.45) is 0 Å². The summed E-state index contributed by atoms with van der Waals surface area (Å²) < 4.78 is 5.89. The number of hydrogen-bond donors (Lipinski definition) is 1. The Kier molecular flexibility index (Phi) is 4.60. The largest absolute Gasteiger partial charge is 0.493 e. The molecule has 1 N–H and O–H groups in total. The molecule has 0 atom stereocenters. The molecule has 3 aromatic rings. The molecule has 0 aliphatic carbocycles. The summed E-state index contributed by atoms with van der Waals surface area (Å²) in [5.74, 6) is 0.603. The molecule has 2 aromatic heterocycles. The third-order valence-corrected chi connectivity index (χ3v) is 4.34. The molecule has 1 aliphatic rings. The van der Waals surface area contributed by atoms with Crippen LogP contribution in [0.1, 0.15) is 34.5 Å². The number of carbonyl (C=O) groups is 1. The number of pyridine rings is 2. The molecule has 1 amide bonds. The lowest BCUT2D eigenvalue weighted by Crippen LogP contribution is -2.24. The van der Waals surface area contributed by atoms with Crippen molar-refractivity contribution >= 4 is 22.9 Å². The van der Waals surface area contributed by atoms with E-state index in [9.17, 15) is 4.79 Å². The van der Waals surface area contributed by atoms with Gasteiger partial charge in [-0.25, -0.2) is 4.98 Å². The van der Waals surface area contributed by atoms with Crippen molar-refractivity contribution in [2.75, 3.05) is 6.61 Å². The lowest BCUT2D eigenvalue weighted by molar-refractivity contribution is 0.0946. The van der Waals surface area contributed by atoms with Crippen LogP contribution in [0.25, 0.3) is 17.0 Å². The molecule has 0 saturated carbocycles. The van der Waals surface area contributed by atoms with E-state index < -0.39 is 0 Å². The van der Waals surface area contributed by atoms with Gasteiger partial charge < -0.3 is 10.1 Å². The first-order valence-electron chi connectivity index (χ1n) is 8.71. The molecule has 130 valence electrons. The summed E-state index contributed by atoms with van der Waals surface area (Å²) in [4.78, 5) is 21.4. The molecule has 3 heterocycles. The lowest BCUT2D eigenvalue weighted by atomic mass is 10.1. The average Bonchev–Trinajstić information content (AvgIpc) is 2.69. The van der Waals surface area contributed by atoms with E-state index in [0.717, 1.165) is 40.6 Å². The van der Waals surface area contributed by atoms with Gasteiger partial charge in [-0.2, -0.15) is 0 Å². The van der Waals surface area contributed by atoms with E-state index in [1.165, 1.54) is 0 Å². The van der Waals surface area contributed by atoms with Crippen LogP contribution in [0.15, 0.2) is 54.9 Å². The number of nitrogens with one attached hydrogen (secondary N) is 1. The van der Waals surface area contributed by atoms with Gasteiger partial charge in [0.1, 0.15) is 11.4 Å². The van der Waals surface area contributed by atoms with Gasteiger partial charge in [-0.3, -0.25) is 9.78 Å². The maximum Gasteiger partial charge on any atom is 0.270 e. The second-order valence-electron chi connectivity index (χ2n) is 6.18. The lowest BCUT2D eigenvalue weighted by Gasteiger charge is -2.12. The van der Waals surface area contributed by atoms with Crippen LogP contribution in [-0.4, -0.2) is 22.5 Å². The highest BCUT2D eigenvalue weighted by atomic mass is 16.5. The fraction of sp³-hybridized carbons (Fsp3) is 0.190. The van der Waals surface area contributed by atoms with E-state index in [-0.39, 0.29) is 5.91 Å². The Hall–Kier alpha value is -3.21. The van der Waals surface area contributed by atoms with Crippen LogP contribution in [0.4, 0.5) is 0 Å². The number of benzene rings is 1. The first kappa shape index (κ1) is 16.3. The monoisotopic (exact) mass is 345 g/mol. The van der Waals surface area contributed by atoms with E-state index in [1.54, 1.807) is 18.5 Å². The summed E-state index contributed by atoms with van der Waals surface area (Å²) in [6.07, 6.45) is 9.46. The van der Waals surface area contributed by atoms with Gasteiger partial charge in [0.25, 0.3) is 5.91 Å². The zero-order valence-corrected chi connectivity index (χ0v) is 14.3. The molecule has 0 radical (unpaired) electrons. The number of hydrogen-bond acceptors (Lipinski definition) is 4. The van der Waals surface area contributed by atoms with Crippen molar-refractivity contribution in [2.45, 2.75) is 19.4 Å². The molecule has 5 nitrogen and oxygen atoms in total. The summed E-state index contributed by atoms with van der Waals surface area (Å²) in [6, 6.07) is 11.4. The van der Waals surface area contributed by atoms with Gasteiger partial charge in [0, 0.05) is 35.5 Å². The highest BCUT2D eigenvalue weighted by Crippen LogP contribution is 2.20. The molecule has 4 rings (SSSR count). The van der Waals surface area contributed by atoms with E-state index in [1.807, 2.05) is 36.4 Å². The molecule has 1 aliphatic heterocycles. The summed E-state index contributed by atoms with van der Waals surface area (Å²) in [5, 5.41) is 3.85. The number of carbonyl (C=O) groups excluding carboxylic acids is 1. The van der Waals surface area contributed by atoms with Gasteiger partial charge in [-0.15, -0.1) is 0 Å². The van der Waals surface area contributed by atoms with Crippen molar-refractivity contribution in [3.8, 4) is 5.75 Å². The van der Waals surface area contributed by atoms with Crippen molar-refractivity contribution in [1.29, 1.82) is 0 Å². The minimum Gasteiger partial charge on any atom is -0.493 e. The predicted octanol–water partition coefficient (Wildman–Crippen LogP) is 3.75. The van der Waals surface area contributed by atoms with Gasteiger partial charge in [0.05, 0.1) is 12.1 Å². The van der Waals surface area contributed by atoms with Crippen LogP contribution in [-0.2, 0) is 6.54 Å². The van der Waals surface area contributed by atoms with Crippen molar-refractivity contribution in [3.63, 3.8) is 0 Å². The van der Waals surface area contributed by atoms with Crippen molar-refractivity contribution in [3.05, 3.63) is 71.7 Å². The number of allylic oxidation sites excluding steroid dienone is 1. The normalized spacial score (nSPS) is 14.8. The molecular weight excluding hydrogens is 326 g/mol. The Morgan fingerprint density at radius 1 is 1.08 bits per heavy atom. The smallest absolute Gasteiger partial charge is 0.270 e. The second kappa shape index (κ2) is 7.35.